The van der Waals surface area contributed by atoms with E-state index >= 15 is 0 Å². The molecular formula is C15H22F3NO. The number of hydrogen-bond acceptors (Lipinski definition) is 2. The maximum absolute atomic E-state index is 12.7. The standard InChI is InChI=1S/C15H22F3NO/c1-2-3-4-5-6-9-20-13-7-8-14(15(16,17)18)12(10-13)11-19/h7-8,10H,2-6,9,11,19H2,1H3. The first-order chi connectivity index (χ1) is 9.49. The van der Waals surface area contributed by atoms with Crippen LogP contribution in [-0.2, 0) is 12.7 Å². The van der Waals surface area contributed by atoms with Gasteiger partial charge in [-0.3, -0.25) is 0 Å². The molecule has 0 amide bonds. The summed E-state index contributed by atoms with van der Waals surface area (Å²) in [4.78, 5) is 0. The molecule has 0 aromatic heterocycles. The van der Waals surface area contributed by atoms with Gasteiger partial charge in [0.15, 0.2) is 0 Å². The van der Waals surface area contributed by atoms with Crippen molar-refractivity contribution in [3.8, 4) is 5.75 Å². The molecular weight excluding hydrogens is 267 g/mol. The van der Waals surface area contributed by atoms with Crippen LogP contribution in [0.1, 0.15) is 50.2 Å². The van der Waals surface area contributed by atoms with Crippen molar-refractivity contribution in [1.82, 2.24) is 0 Å². The van der Waals surface area contributed by atoms with Crippen molar-refractivity contribution in [2.24, 2.45) is 5.73 Å². The van der Waals surface area contributed by atoms with Crippen molar-refractivity contribution < 1.29 is 17.9 Å². The molecule has 0 heterocycles. The Kier molecular flexibility index (Phi) is 6.85. The van der Waals surface area contributed by atoms with E-state index in [1.165, 1.54) is 31.4 Å². The predicted molar refractivity (Wildman–Crippen MR) is 73.6 cm³/mol. The quantitative estimate of drug-likeness (QED) is 0.714. The second-order valence-corrected chi connectivity index (χ2v) is 4.78. The van der Waals surface area contributed by atoms with Crippen LogP contribution in [0.5, 0.6) is 5.75 Å². The minimum absolute atomic E-state index is 0.0704. The highest BCUT2D eigenvalue weighted by atomic mass is 19.4. The van der Waals surface area contributed by atoms with Crippen molar-refractivity contribution in [2.75, 3.05) is 6.61 Å². The molecule has 2 N–H and O–H groups in total. The van der Waals surface area contributed by atoms with Gasteiger partial charge >= 0.3 is 6.18 Å². The molecule has 0 fully saturated rings. The van der Waals surface area contributed by atoms with Crippen LogP contribution in [0.3, 0.4) is 0 Å². The average molecular weight is 289 g/mol. The van der Waals surface area contributed by atoms with Gasteiger partial charge in [-0.15, -0.1) is 0 Å². The molecule has 1 aromatic carbocycles. The van der Waals surface area contributed by atoms with E-state index in [9.17, 15) is 13.2 Å². The van der Waals surface area contributed by atoms with Crippen LogP contribution in [0.2, 0.25) is 0 Å². The lowest BCUT2D eigenvalue weighted by Crippen LogP contribution is -2.12. The van der Waals surface area contributed by atoms with Crippen molar-refractivity contribution in [2.45, 2.75) is 51.7 Å². The Morgan fingerprint density at radius 2 is 1.80 bits per heavy atom. The van der Waals surface area contributed by atoms with E-state index in [1.54, 1.807) is 0 Å². The number of nitrogens with two attached hydrogens (primary N) is 1. The third kappa shape index (κ3) is 5.41. The third-order valence-corrected chi connectivity index (χ3v) is 3.12. The highest BCUT2D eigenvalue weighted by Crippen LogP contribution is 2.33. The Morgan fingerprint density at radius 1 is 1.10 bits per heavy atom. The van der Waals surface area contributed by atoms with Crippen LogP contribution < -0.4 is 10.5 Å². The number of ether oxygens (including phenoxy) is 1. The summed E-state index contributed by atoms with van der Waals surface area (Å²) >= 11 is 0. The van der Waals surface area contributed by atoms with Gasteiger partial charge in [-0.25, -0.2) is 0 Å². The molecule has 20 heavy (non-hydrogen) atoms. The molecule has 0 radical (unpaired) electrons. The van der Waals surface area contributed by atoms with E-state index in [4.69, 9.17) is 10.5 Å². The topological polar surface area (TPSA) is 35.2 Å². The van der Waals surface area contributed by atoms with Crippen molar-refractivity contribution in [3.63, 3.8) is 0 Å². The van der Waals surface area contributed by atoms with Gasteiger partial charge in [0.25, 0.3) is 0 Å². The van der Waals surface area contributed by atoms with Crippen molar-refractivity contribution in [3.05, 3.63) is 29.3 Å². The van der Waals surface area contributed by atoms with Crippen molar-refractivity contribution >= 4 is 0 Å². The fourth-order valence-corrected chi connectivity index (χ4v) is 2.00. The van der Waals surface area contributed by atoms with E-state index in [0.717, 1.165) is 18.9 Å². The number of unbranched alkanes of at least 4 members (excludes halogenated alkanes) is 4. The molecule has 0 atom stereocenters. The first kappa shape index (κ1) is 16.8. The summed E-state index contributed by atoms with van der Waals surface area (Å²) in [5.41, 5.74) is 4.76. The molecule has 2 nitrogen and oxygen atoms in total. The second-order valence-electron chi connectivity index (χ2n) is 4.78. The molecule has 5 heteroatoms. The van der Waals surface area contributed by atoms with Gasteiger partial charge in [0.2, 0.25) is 0 Å². The number of hydrogen-bond donors (Lipinski definition) is 1. The van der Waals surface area contributed by atoms with Gasteiger partial charge in [-0.2, -0.15) is 13.2 Å². The molecule has 0 spiro atoms. The monoisotopic (exact) mass is 289 g/mol. The van der Waals surface area contributed by atoms with E-state index in [1.807, 2.05) is 0 Å². The number of benzene rings is 1. The van der Waals surface area contributed by atoms with E-state index in [2.05, 4.69) is 6.92 Å². The molecule has 1 aromatic rings. The lowest BCUT2D eigenvalue weighted by molar-refractivity contribution is -0.138. The maximum atomic E-state index is 12.7. The first-order valence-electron chi connectivity index (χ1n) is 7.02. The van der Waals surface area contributed by atoms with Crippen LogP contribution in [0.15, 0.2) is 18.2 Å². The minimum atomic E-state index is -4.37. The third-order valence-electron chi connectivity index (χ3n) is 3.12. The Balaban J connectivity index is 2.52. The van der Waals surface area contributed by atoms with Gasteiger partial charge in [-0.1, -0.05) is 32.6 Å². The smallest absolute Gasteiger partial charge is 0.416 e. The zero-order valence-corrected chi connectivity index (χ0v) is 11.8. The fraction of sp³-hybridized carbons (Fsp3) is 0.600. The van der Waals surface area contributed by atoms with Crippen LogP contribution in [0, 0.1) is 0 Å². The highest BCUT2D eigenvalue weighted by molar-refractivity contribution is 5.37. The summed E-state index contributed by atoms with van der Waals surface area (Å²) in [7, 11) is 0. The maximum Gasteiger partial charge on any atom is 0.416 e. The molecule has 0 unspecified atom stereocenters. The predicted octanol–water partition coefficient (Wildman–Crippen LogP) is 4.51. The van der Waals surface area contributed by atoms with Gasteiger partial charge in [-0.05, 0) is 30.2 Å². The second kappa shape index (κ2) is 8.15. The van der Waals surface area contributed by atoms with Crippen LogP contribution in [-0.4, -0.2) is 6.61 Å². The Bertz CT molecular complexity index is 405. The summed E-state index contributed by atoms with van der Waals surface area (Å²) in [6, 6.07) is 3.78. The number of halogens is 3. The van der Waals surface area contributed by atoms with Gasteiger partial charge in [0.1, 0.15) is 5.75 Å². The molecule has 1 rings (SSSR count). The van der Waals surface area contributed by atoms with Gasteiger partial charge < -0.3 is 10.5 Å². The summed E-state index contributed by atoms with van der Waals surface area (Å²) in [5, 5.41) is 0. The largest absolute Gasteiger partial charge is 0.494 e. The highest BCUT2D eigenvalue weighted by Gasteiger charge is 2.32. The zero-order chi connectivity index (χ0) is 15.0. The summed E-state index contributed by atoms with van der Waals surface area (Å²) in [5.74, 6) is 0.453. The van der Waals surface area contributed by atoms with Crippen LogP contribution in [0.25, 0.3) is 0 Å². The number of alkyl halides is 3. The molecule has 0 bridgehead atoms. The first-order valence-corrected chi connectivity index (χ1v) is 7.02. The Labute approximate surface area is 118 Å². The zero-order valence-electron chi connectivity index (χ0n) is 11.8. The fourth-order valence-electron chi connectivity index (χ4n) is 2.00. The summed E-state index contributed by atoms with van der Waals surface area (Å²) in [6.45, 7) is 2.52. The van der Waals surface area contributed by atoms with Gasteiger partial charge in [0, 0.05) is 6.54 Å². The van der Waals surface area contributed by atoms with E-state index < -0.39 is 11.7 Å². The lowest BCUT2D eigenvalue weighted by Gasteiger charge is -2.13. The molecule has 0 aliphatic carbocycles. The Hall–Kier alpha value is -1.23. The molecule has 0 aliphatic rings. The Morgan fingerprint density at radius 3 is 2.40 bits per heavy atom. The average Bonchev–Trinajstić information content (AvgIpc) is 2.41. The van der Waals surface area contributed by atoms with Crippen molar-refractivity contribution in [1.29, 1.82) is 0 Å². The SMILES string of the molecule is CCCCCCCOc1ccc(C(F)(F)F)c(CN)c1. The molecule has 0 aliphatic heterocycles. The van der Waals surface area contributed by atoms with Crippen LogP contribution >= 0.6 is 0 Å². The molecule has 114 valence electrons. The summed E-state index contributed by atoms with van der Waals surface area (Å²) in [6.07, 6.45) is 1.18. The lowest BCUT2D eigenvalue weighted by atomic mass is 10.1. The summed E-state index contributed by atoms with van der Waals surface area (Å²) < 4.78 is 43.6. The number of rotatable bonds is 8. The van der Waals surface area contributed by atoms with Gasteiger partial charge in [0.05, 0.1) is 12.2 Å². The molecule has 0 saturated carbocycles. The van der Waals surface area contributed by atoms with E-state index in [-0.39, 0.29) is 12.1 Å². The minimum Gasteiger partial charge on any atom is -0.494 e. The normalized spacial score (nSPS) is 11.7. The molecule has 0 saturated heterocycles. The van der Waals surface area contributed by atoms with E-state index in [0.29, 0.717) is 12.4 Å². The van der Waals surface area contributed by atoms with Crippen LogP contribution in [0.4, 0.5) is 13.2 Å².